The number of hydrogen-bond donors (Lipinski definition) is 2. The van der Waals surface area contributed by atoms with Crippen molar-refractivity contribution >= 4 is 56.2 Å². The molecule has 5 rings (SSSR count). The van der Waals surface area contributed by atoms with Crippen molar-refractivity contribution in [1.29, 1.82) is 0 Å². The normalized spacial score (nSPS) is 11.3. The Morgan fingerprint density at radius 1 is 0.780 bits per heavy atom. The van der Waals surface area contributed by atoms with Crippen molar-refractivity contribution in [3.8, 4) is 5.75 Å². The quantitative estimate of drug-likeness (QED) is 0.0966. The summed E-state index contributed by atoms with van der Waals surface area (Å²) < 4.78 is 33.0. The smallest absolute Gasteiger partial charge is 0.344 e. The maximum absolute atomic E-state index is 12.7. The van der Waals surface area contributed by atoms with Gasteiger partial charge in [-0.2, -0.15) is 5.10 Å². The molecule has 0 radical (unpaired) electrons. The van der Waals surface area contributed by atoms with Gasteiger partial charge in [0.1, 0.15) is 5.75 Å². The molecule has 0 bridgehead atoms. The first kappa shape index (κ1) is 27.6. The predicted molar refractivity (Wildman–Crippen MR) is 159 cm³/mol. The monoisotopic (exact) mass is 583 g/mol. The van der Waals surface area contributed by atoms with Gasteiger partial charge < -0.3 is 4.74 Å². The van der Waals surface area contributed by atoms with E-state index in [1.54, 1.807) is 30.3 Å². The Morgan fingerprint density at radius 3 is 2.20 bits per heavy atom. The number of hydrogen-bond acceptors (Lipinski definition) is 6. The second-order valence-corrected chi connectivity index (χ2v) is 10.9. The lowest BCUT2D eigenvalue weighted by atomic mass is 10.0. The molecule has 0 heterocycles. The lowest BCUT2D eigenvalue weighted by molar-refractivity contribution is 0.0736. The molecular formula is C31H22ClN3O5S. The molecule has 5 aromatic rings. The number of rotatable bonds is 8. The highest BCUT2D eigenvalue weighted by Crippen LogP contribution is 2.22. The van der Waals surface area contributed by atoms with Crippen molar-refractivity contribution in [1.82, 2.24) is 5.43 Å². The number of fused-ring (bicyclic) bond motifs is 1. The van der Waals surface area contributed by atoms with Gasteiger partial charge in [0.05, 0.1) is 16.7 Å². The van der Waals surface area contributed by atoms with Gasteiger partial charge in [-0.25, -0.2) is 18.6 Å². The Hall–Kier alpha value is -4.99. The van der Waals surface area contributed by atoms with E-state index in [0.29, 0.717) is 27.6 Å². The summed E-state index contributed by atoms with van der Waals surface area (Å²) in [5.41, 5.74) is 4.15. The molecule has 5 aromatic carbocycles. The molecule has 8 nitrogen and oxygen atoms in total. The molecule has 0 saturated heterocycles. The molecule has 1 amide bonds. The fourth-order valence-electron chi connectivity index (χ4n) is 3.93. The Bertz CT molecular complexity index is 1850. The van der Waals surface area contributed by atoms with Crippen molar-refractivity contribution < 1.29 is 22.7 Å². The molecule has 2 N–H and O–H groups in total. The molecule has 0 fully saturated rings. The zero-order valence-corrected chi connectivity index (χ0v) is 22.9. The summed E-state index contributed by atoms with van der Waals surface area (Å²) in [6.45, 7) is 0. The standard InChI is InChI=1S/C31H22ClN3O5S/c32-24-12-18-27(19-13-24)41(38,39)35-25-14-10-23(11-15-25)30(36)34-33-20-21-8-16-26(17-9-21)40-31(37)29-7-3-5-22-4-1-2-6-28(22)29/h1-20,35H,(H,34,36)/b33-20-. The molecule has 41 heavy (non-hydrogen) atoms. The molecule has 0 spiro atoms. The molecule has 0 aliphatic heterocycles. The van der Waals surface area contributed by atoms with Crippen LogP contribution in [0.1, 0.15) is 26.3 Å². The largest absolute Gasteiger partial charge is 0.423 e. The molecule has 0 aromatic heterocycles. The Balaban J connectivity index is 1.15. The second kappa shape index (κ2) is 12.0. The van der Waals surface area contributed by atoms with Crippen molar-refractivity contribution in [3.05, 3.63) is 137 Å². The fourth-order valence-corrected chi connectivity index (χ4v) is 5.12. The molecule has 0 aliphatic rings. The summed E-state index contributed by atoms with van der Waals surface area (Å²) in [7, 11) is -3.80. The third-order valence-corrected chi connectivity index (χ3v) is 7.65. The van der Waals surface area contributed by atoms with Crippen LogP contribution in [0.3, 0.4) is 0 Å². The predicted octanol–water partition coefficient (Wildman–Crippen LogP) is 6.28. The van der Waals surface area contributed by atoms with E-state index in [-0.39, 0.29) is 10.5 Å². The molecule has 10 heteroatoms. The molecule has 0 saturated carbocycles. The number of nitrogens with zero attached hydrogens (tertiary/aromatic N) is 1. The van der Waals surface area contributed by atoms with E-state index in [2.05, 4.69) is 15.2 Å². The van der Waals surface area contributed by atoms with E-state index in [9.17, 15) is 18.0 Å². The van der Waals surface area contributed by atoms with Crippen molar-refractivity contribution in [2.75, 3.05) is 4.72 Å². The third kappa shape index (κ3) is 6.78. The van der Waals surface area contributed by atoms with Crippen molar-refractivity contribution in [2.24, 2.45) is 5.10 Å². The summed E-state index contributed by atoms with van der Waals surface area (Å²) >= 11 is 5.82. The highest BCUT2D eigenvalue weighted by Gasteiger charge is 2.15. The van der Waals surface area contributed by atoms with Gasteiger partial charge in [-0.3, -0.25) is 9.52 Å². The number of nitrogens with one attached hydrogen (secondary N) is 2. The number of halogens is 1. The first-order valence-electron chi connectivity index (χ1n) is 12.3. The zero-order valence-electron chi connectivity index (χ0n) is 21.3. The summed E-state index contributed by atoms with van der Waals surface area (Å²) in [5, 5.41) is 6.15. The second-order valence-electron chi connectivity index (χ2n) is 8.82. The SMILES string of the molecule is O=C(N/N=C\c1ccc(OC(=O)c2cccc3ccccc23)cc1)c1ccc(NS(=O)(=O)c2ccc(Cl)cc2)cc1. The minimum absolute atomic E-state index is 0.0640. The van der Waals surface area contributed by atoms with Gasteiger partial charge in [-0.05, 0) is 95.2 Å². The summed E-state index contributed by atoms with van der Waals surface area (Å²) in [6.07, 6.45) is 1.45. The van der Waals surface area contributed by atoms with Crippen LogP contribution < -0.4 is 14.9 Å². The molecule has 204 valence electrons. The maximum Gasteiger partial charge on any atom is 0.344 e. The molecule has 0 aliphatic carbocycles. The number of sulfonamides is 1. The van der Waals surface area contributed by atoms with Crippen molar-refractivity contribution in [3.63, 3.8) is 0 Å². The number of amides is 1. The third-order valence-electron chi connectivity index (χ3n) is 6.00. The van der Waals surface area contributed by atoms with Gasteiger partial charge in [-0.1, -0.05) is 48.0 Å². The number of carbonyl (C=O) groups excluding carboxylic acids is 2. The van der Waals surface area contributed by atoms with E-state index in [1.165, 1.54) is 54.7 Å². The highest BCUT2D eigenvalue weighted by molar-refractivity contribution is 7.92. The number of ether oxygens (including phenoxy) is 1. The topological polar surface area (TPSA) is 114 Å². The summed E-state index contributed by atoms with van der Waals surface area (Å²) in [5.74, 6) is -0.566. The Labute approximate surface area is 241 Å². The van der Waals surface area contributed by atoms with Gasteiger partial charge in [0, 0.05) is 16.3 Å². The van der Waals surface area contributed by atoms with Gasteiger partial charge in [0.2, 0.25) is 0 Å². The number of benzene rings is 5. The number of anilines is 1. The highest BCUT2D eigenvalue weighted by atomic mass is 35.5. The molecule has 0 unspecified atom stereocenters. The average Bonchev–Trinajstić information content (AvgIpc) is 2.98. The minimum atomic E-state index is -3.80. The van der Waals surface area contributed by atoms with E-state index in [1.807, 2.05) is 36.4 Å². The Kier molecular flexibility index (Phi) is 8.09. The van der Waals surface area contributed by atoms with Crippen LogP contribution in [-0.4, -0.2) is 26.5 Å². The van der Waals surface area contributed by atoms with E-state index >= 15 is 0 Å². The Morgan fingerprint density at radius 2 is 1.46 bits per heavy atom. The summed E-state index contributed by atoms with van der Waals surface area (Å²) in [6, 6.07) is 31.4. The van der Waals surface area contributed by atoms with Crippen LogP contribution in [0.25, 0.3) is 10.8 Å². The van der Waals surface area contributed by atoms with Crippen LogP contribution in [0, 0.1) is 0 Å². The lowest BCUT2D eigenvalue weighted by Crippen LogP contribution is -2.18. The van der Waals surface area contributed by atoms with Crippen LogP contribution >= 0.6 is 11.6 Å². The van der Waals surface area contributed by atoms with Crippen LogP contribution in [0.5, 0.6) is 5.75 Å². The van der Waals surface area contributed by atoms with Crippen LogP contribution in [0.4, 0.5) is 5.69 Å². The molecular weight excluding hydrogens is 562 g/mol. The van der Waals surface area contributed by atoms with E-state index in [0.717, 1.165) is 10.8 Å². The van der Waals surface area contributed by atoms with Crippen molar-refractivity contribution in [2.45, 2.75) is 4.90 Å². The fraction of sp³-hybridized carbons (Fsp3) is 0. The number of hydrazone groups is 1. The summed E-state index contributed by atoms with van der Waals surface area (Å²) in [4.78, 5) is 25.2. The van der Waals surface area contributed by atoms with Gasteiger partial charge in [-0.15, -0.1) is 0 Å². The van der Waals surface area contributed by atoms with Gasteiger partial charge >= 0.3 is 5.97 Å². The number of carbonyl (C=O) groups is 2. The minimum Gasteiger partial charge on any atom is -0.423 e. The first-order valence-corrected chi connectivity index (χ1v) is 14.2. The van der Waals surface area contributed by atoms with Gasteiger partial charge in [0.15, 0.2) is 0 Å². The zero-order chi connectivity index (χ0) is 28.8. The van der Waals surface area contributed by atoms with E-state index < -0.39 is 21.9 Å². The molecule has 0 atom stereocenters. The van der Waals surface area contributed by atoms with Crippen LogP contribution in [0.15, 0.2) is 125 Å². The maximum atomic E-state index is 12.7. The van der Waals surface area contributed by atoms with Crippen LogP contribution in [0.2, 0.25) is 5.02 Å². The average molecular weight is 584 g/mol. The first-order chi connectivity index (χ1) is 19.8. The number of esters is 1. The van der Waals surface area contributed by atoms with Crippen LogP contribution in [-0.2, 0) is 10.0 Å². The van der Waals surface area contributed by atoms with E-state index in [4.69, 9.17) is 16.3 Å². The van der Waals surface area contributed by atoms with Gasteiger partial charge in [0.25, 0.3) is 15.9 Å². The lowest BCUT2D eigenvalue weighted by Gasteiger charge is -2.09.